The minimum absolute atomic E-state index is 0.199. The molecule has 0 amide bonds. The minimum atomic E-state index is -0.353. The summed E-state index contributed by atoms with van der Waals surface area (Å²) in [5, 5.41) is 3.72. The van der Waals surface area contributed by atoms with E-state index < -0.39 is 0 Å². The summed E-state index contributed by atoms with van der Waals surface area (Å²) >= 11 is 0. The molecule has 0 fully saturated rings. The molecule has 0 saturated carbocycles. The van der Waals surface area contributed by atoms with Crippen molar-refractivity contribution in [3.05, 3.63) is 48.8 Å². The molecule has 6 heteroatoms. The summed E-state index contributed by atoms with van der Waals surface area (Å²) in [6.45, 7) is 0. The molecule has 0 radical (unpaired) electrons. The van der Waals surface area contributed by atoms with Gasteiger partial charge in [-0.1, -0.05) is 17.3 Å². The summed E-state index contributed by atoms with van der Waals surface area (Å²) in [6, 6.07) is 6.07. The lowest BCUT2D eigenvalue weighted by molar-refractivity contribution is 0.436. The average molecular weight is 256 g/mol. The van der Waals surface area contributed by atoms with Crippen LogP contribution in [0.3, 0.4) is 0 Å². The van der Waals surface area contributed by atoms with Crippen molar-refractivity contribution >= 4 is 5.82 Å². The van der Waals surface area contributed by atoms with Gasteiger partial charge in [-0.2, -0.15) is 0 Å². The third-order valence-corrected chi connectivity index (χ3v) is 2.65. The largest absolute Gasteiger partial charge is 0.380 e. The van der Waals surface area contributed by atoms with Gasteiger partial charge in [0.2, 0.25) is 0 Å². The third-order valence-electron chi connectivity index (χ3n) is 2.65. The number of nitrogens with zero attached hydrogens (tertiary/aromatic N) is 3. The zero-order valence-corrected chi connectivity index (χ0v) is 9.75. The van der Waals surface area contributed by atoms with Crippen molar-refractivity contribution in [2.24, 2.45) is 0 Å². The molecule has 0 atom stereocenters. The summed E-state index contributed by atoms with van der Waals surface area (Å²) in [5.41, 5.74) is 7.55. The Morgan fingerprint density at radius 3 is 2.63 bits per heavy atom. The Hall–Kier alpha value is -2.76. The maximum atomic E-state index is 13.3. The molecule has 0 bridgehead atoms. The minimum Gasteiger partial charge on any atom is -0.380 e. The monoisotopic (exact) mass is 256 g/mol. The average Bonchev–Trinajstić information content (AvgIpc) is 2.82. The molecule has 1 aromatic carbocycles. The first-order valence-corrected chi connectivity index (χ1v) is 5.52. The Balaban J connectivity index is 2.20. The van der Waals surface area contributed by atoms with Crippen molar-refractivity contribution in [1.29, 1.82) is 0 Å². The molecule has 19 heavy (non-hydrogen) atoms. The molecule has 0 aliphatic carbocycles. The molecule has 3 aromatic rings. The van der Waals surface area contributed by atoms with Crippen molar-refractivity contribution in [2.75, 3.05) is 5.73 Å². The van der Waals surface area contributed by atoms with Gasteiger partial charge in [0.05, 0.1) is 11.1 Å². The number of halogens is 1. The number of nitrogen functional groups attached to an aromatic ring is 1. The van der Waals surface area contributed by atoms with Gasteiger partial charge in [-0.3, -0.25) is 0 Å². The summed E-state index contributed by atoms with van der Waals surface area (Å²) in [4.78, 5) is 7.82. The quantitative estimate of drug-likeness (QED) is 0.762. The maximum Gasteiger partial charge on any atom is 0.180 e. The van der Waals surface area contributed by atoms with Crippen LogP contribution >= 0.6 is 0 Å². The third kappa shape index (κ3) is 2.03. The molecule has 3 rings (SSSR count). The number of hydrogen-bond donors (Lipinski definition) is 1. The Morgan fingerprint density at radius 2 is 1.89 bits per heavy atom. The second-order valence-electron chi connectivity index (χ2n) is 3.91. The van der Waals surface area contributed by atoms with Crippen molar-refractivity contribution in [2.45, 2.75) is 0 Å². The highest BCUT2D eigenvalue weighted by Crippen LogP contribution is 2.35. The van der Waals surface area contributed by atoms with Gasteiger partial charge in [-0.25, -0.2) is 14.4 Å². The van der Waals surface area contributed by atoms with E-state index in [0.29, 0.717) is 22.5 Å². The van der Waals surface area contributed by atoms with Crippen LogP contribution in [-0.4, -0.2) is 15.1 Å². The molecule has 94 valence electrons. The zero-order valence-electron chi connectivity index (χ0n) is 9.75. The Kier molecular flexibility index (Phi) is 2.68. The van der Waals surface area contributed by atoms with Gasteiger partial charge in [0.15, 0.2) is 11.6 Å². The second kappa shape index (κ2) is 4.49. The molecule has 0 saturated heterocycles. The van der Waals surface area contributed by atoms with Crippen molar-refractivity contribution in [3.63, 3.8) is 0 Å². The molecular weight excluding hydrogens is 247 g/mol. The van der Waals surface area contributed by atoms with Crippen LogP contribution in [0.25, 0.3) is 22.5 Å². The molecule has 2 heterocycles. The van der Waals surface area contributed by atoms with Gasteiger partial charge >= 0.3 is 0 Å². The number of nitrogens with two attached hydrogens (primary N) is 1. The van der Waals surface area contributed by atoms with Gasteiger partial charge in [-0.15, -0.1) is 0 Å². The zero-order chi connectivity index (χ0) is 13.2. The Labute approximate surface area is 107 Å². The Bertz CT molecular complexity index is 712. The van der Waals surface area contributed by atoms with Gasteiger partial charge in [0.1, 0.15) is 12.1 Å². The van der Waals surface area contributed by atoms with Crippen LogP contribution in [0.15, 0.2) is 47.5 Å². The van der Waals surface area contributed by atoms with Gasteiger partial charge in [-0.05, 0) is 17.7 Å². The topological polar surface area (TPSA) is 77.8 Å². The fourth-order valence-electron chi connectivity index (χ4n) is 1.84. The number of hydrogen-bond acceptors (Lipinski definition) is 5. The predicted octanol–water partition coefficient (Wildman–Crippen LogP) is 2.52. The van der Waals surface area contributed by atoms with E-state index in [0.717, 1.165) is 0 Å². The van der Waals surface area contributed by atoms with Crippen LogP contribution in [0.5, 0.6) is 0 Å². The van der Waals surface area contributed by atoms with E-state index in [2.05, 4.69) is 15.1 Å². The molecule has 2 N–H and O–H groups in total. The van der Waals surface area contributed by atoms with Crippen molar-refractivity contribution in [1.82, 2.24) is 15.1 Å². The van der Waals surface area contributed by atoms with Crippen LogP contribution in [0.4, 0.5) is 10.2 Å². The Morgan fingerprint density at radius 1 is 1.11 bits per heavy atom. The van der Waals surface area contributed by atoms with E-state index in [9.17, 15) is 4.39 Å². The highest BCUT2D eigenvalue weighted by molar-refractivity contribution is 5.86. The van der Waals surface area contributed by atoms with E-state index >= 15 is 0 Å². The number of benzene rings is 1. The first kappa shape index (κ1) is 11.3. The fraction of sp³-hybridized carbons (Fsp3) is 0. The number of aromatic nitrogens is 3. The summed E-state index contributed by atoms with van der Waals surface area (Å²) in [6.07, 6.45) is 4.57. The van der Waals surface area contributed by atoms with E-state index in [1.165, 1.54) is 18.5 Å². The van der Waals surface area contributed by atoms with E-state index in [4.69, 9.17) is 10.3 Å². The van der Waals surface area contributed by atoms with Crippen LogP contribution in [0.2, 0.25) is 0 Å². The van der Waals surface area contributed by atoms with Crippen LogP contribution < -0.4 is 5.73 Å². The number of anilines is 1. The van der Waals surface area contributed by atoms with E-state index in [-0.39, 0.29) is 11.6 Å². The van der Waals surface area contributed by atoms with Gasteiger partial charge < -0.3 is 10.3 Å². The molecule has 0 aliphatic heterocycles. The molecule has 5 nitrogen and oxygen atoms in total. The number of rotatable bonds is 2. The maximum absolute atomic E-state index is 13.3. The molecule has 0 aliphatic rings. The molecule has 0 unspecified atom stereocenters. The highest BCUT2D eigenvalue weighted by atomic mass is 19.1. The smallest absolute Gasteiger partial charge is 0.180 e. The lowest BCUT2D eigenvalue weighted by Gasteiger charge is -2.02. The lowest BCUT2D eigenvalue weighted by atomic mass is 10.0. The van der Waals surface area contributed by atoms with Crippen LogP contribution in [-0.2, 0) is 0 Å². The molecular formula is C13H9FN4O. The first-order valence-electron chi connectivity index (χ1n) is 5.52. The van der Waals surface area contributed by atoms with Crippen LogP contribution in [0, 0.1) is 5.82 Å². The van der Waals surface area contributed by atoms with Crippen molar-refractivity contribution in [3.8, 4) is 22.5 Å². The van der Waals surface area contributed by atoms with Gasteiger partial charge in [0, 0.05) is 12.4 Å². The molecule has 0 spiro atoms. The predicted molar refractivity (Wildman–Crippen MR) is 67.3 cm³/mol. The first-order chi connectivity index (χ1) is 9.25. The fourth-order valence-corrected chi connectivity index (χ4v) is 1.84. The normalized spacial score (nSPS) is 10.6. The summed E-state index contributed by atoms with van der Waals surface area (Å²) < 4.78 is 18.5. The summed E-state index contributed by atoms with van der Waals surface area (Å²) in [5.74, 6) is 0.265. The SMILES string of the molecule is Nc1noc(-c2cncnc2)c1-c1cccc(F)c1. The van der Waals surface area contributed by atoms with Crippen LogP contribution in [0.1, 0.15) is 0 Å². The van der Waals surface area contributed by atoms with E-state index in [1.54, 1.807) is 24.5 Å². The second-order valence-corrected chi connectivity index (χ2v) is 3.91. The lowest BCUT2D eigenvalue weighted by Crippen LogP contribution is -1.90. The standard InChI is InChI=1S/C13H9FN4O/c14-10-3-1-2-8(4-10)11-12(19-18-13(11)15)9-5-16-7-17-6-9/h1-7H,(H2,15,18). The van der Waals surface area contributed by atoms with E-state index in [1.807, 2.05) is 0 Å². The summed E-state index contributed by atoms with van der Waals surface area (Å²) in [7, 11) is 0. The van der Waals surface area contributed by atoms with Crippen molar-refractivity contribution < 1.29 is 8.91 Å². The van der Waals surface area contributed by atoms with Gasteiger partial charge in [0.25, 0.3) is 0 Å². The highest BCUT2D eigenvalue weighted by Gasteiger charge is 2.18. The molecule has 2 aromatic heterocycles.